The predicted octanol–water partition coefficient (Wildman–Crippen LogP) is 2.40. The van der Waals surface area contributed by atoms with Gasteiger partial charge in [-0.05, 0) is 50.5 Å². The van der Waals surface area contributed by atoms with Crippen molar-refractivity contribution in [2.75, 3.05) is 13.1 Å². The lowest BCUT2D eigenvalue weighted by Gasteiger charge is -2.34. The second kappa shape index (κ2) is 6.96. The molecule has 2 aromatic rings. The van der Waals surface area contributed by atoms with Crippen LogP contribution in [-0.2, 0) is 11.2 Å². The molecule has 1 amide bonds. The molecule has 134 valence electrons. The van der Waals surface area contributed by atoms with E-state index in [9.17, 15) is 14.3 Å². The number of nitrogens with zero attached hydrogens (tertiary/aromatic N) is 3. The lowest BCUT2D eigenvalue weighted by Crippen LogP contribution is -2.46. The lowest BCUT2D eigenvalue weighted by atomic mass is 9.95. The van der Waals surface area contributed by atoms with Crippen LogP contribution in [0.4, 0.5) is 4.39 Å². The summed E-state index contributed by atoms with van der Waals surface area (Å²) >= 11 is 0. The summed E-state index contributed by atoms with van der Waals surface area (Å²) in [7, 11) is 0. The molecule has 0 radical (unpaired) electrons. The molecule has 2 atom stereocenters. The number of carbonyl (C=O) groups is 1. The van der Waals surface area contributed by atoms with Gasteiger partial charge in [-0.25, -0.2) is 9.07 Å². The van der Waals surface area contributed by atoms with Crippen molar-refractivity contribution >= 4 is 5.91 Å². The molecule has 0 saturated carbocycles. The second-order valence-electron chi connectivity index (χ2n) is 6.89. The third-order valence-corrected chi connectivity index (χ3v) is 5.11. The Balaban J connectivity index is 1.79. The van der Waals surface area contributed by atoms with Crippen LogP contribution in [-0.4, -0.2) is 44.9 Å². The number of hydrogen-bond donors (Lipinski definition) is 1. The van der Waals surface area contributed by atoms with E-state index in [4.69, 9.17) is 0 Å². The summed E-state index contributed by atoms with van der Waals surface area (Å²) in [5.74, 6) is -0.0527. The fraction of sp³-hybridized carbons (Fsp3) is 0.474. The first-order valence-electron chi connectivity index (χ1n) is 8.63. The summed E-state index contributed by atoms with van der Waals surface area (Å²) in [6.07, 6.45) is 0.626. The molecule has 25 heavy (non-hydrogen) atoms. The number of halogens is 1. The molecule has 1 aromatic heterocycles. The average molecular weight is 345 g/mol. The van der Waals surface area contributed by atoms with Crippen LogP contribution < -0.4 is 0 Å². The highest BCUT2D eigenvalue weighted by Crippen LogP contribution is 2.22. The van der Waals surface area contributed by atoms with E-state index in [0.717, 1.165) is 29.1 Å². The van der Waals surface area contributed by atoms with Crippen molar-refractivity contribution < 1.29 is 14.3 Å². The van der Waals surface area contributed by atoms with Crippen molar-refractivity contribution in [2.24, 2.45) is 5.92 Å². The molecule has 0 spiro atoms. The van der Waals surface area contributed by atoms with Gasteiger partial charge in [-0.15, -0.1) is 0 Å². The number of rotatable bonds is 3. The summed E-state index contributed by atoms with van der Waals surface area (Å²) in [5, 5.41) is 14.5. The Morgan fingerprint density at radius 2 is 2.00 bits per heavy atom. The van der Waals surface area contributed by atoms with Gasteiger partial charge in [0.2, 0.25) is 5.91 Å². The number of aromatic nitrogens is 2. The summed E-state index contributed by atoms with van der Waals surface area (Å²) < 4.78 is 14.9. The van der Waals surface area contributed by atoms with E-state index in [2.05, 4.69) is 5.10 Å². The largest absolute Gasteiger partial charge is 0.391 e. The fourth-order valence-electron chi connectivity index (χ4n) is 3.30. The van der Waals surface area contributed by atoms with Crippen LogP contribution >= 0.6 is 0 Å². The Kier molecular flexibility index (Phi) is 4.90. The third kappa shape index (κ3) is 3.58. The number of aliphatic hydroxyl groups excluding tert-OH is 1. The molecular formula is C19H24FN3O2. The zero-order valence-corrected chi connectivity index (χ0v) is 14.9. The van der Waals surface area contributed by atoms with E-state index in [1.807, 2.05) is 20.8 Å². The number of aliphatic hydroxyl groups is 1. The zero-order chi connectivity index (χ0) is 18.1. The molecule has 1 aliphatic rings. The Labute approximate surface area is 147 Å². The van der Waals surface area contributed by atoms with Crippen LogP contribution in [0.2, 0.25) is 0 Å². The van der Waals surface area contributed by atoms with E-state index in [-0.39, 0.29) is 24.1 Å². The molecule has 1 aromatic carbocycles. The maximum atomic E-state index is 13.1. The minimum absolute atomic E-state index is 0.0100. The first kappa shape index (κ1) is 17.6. The fourth-order valence-corrected chi connectivity index (χ4v) is 3.30. The van der Waals surface area contributed by atoms with E-state index < -0.39 is 6.10 Å². The van der Waals surface area contributed by atoms with E-state index in [0.29, 0.717) is 13.1 Å². The number of hydrogen-bond acceptors (Lipinski definition) is 3. The molecule has 1 fully saturated rings. The van der Waals surface area contributed by atoms with Crippen LogP contribution in [0.3, 0.4) is 0 Å². The smallest absolute Gasteiger partial charge is 0.227 e. The van der Waals surface area contributed by atoms with Crippen LogP contribution in [0.1, 0.15) is 30.3 Å². The number of β-amino-alcohol motifs (C(OH)–C–C–N with tert-alkyl or cyclic N) is 1. The molecule has 0 bridgehead atoms. The van der Waals surface area contributed by atoms with Gasteiger partial charge < -0.3 is 10.0 Å². The molecule has 1 saturated heterocycles. The van der Waals surface area contributed by atoms with Gasteiger partial charge in [-0.3, -0.25) is 4.79 Å². The Hall–Kier alpha value is -2.21. The van der Waals surface area contributed by atoms with Crippen molar-refractivity contribution in [1.29, 1.82) is 0 Å². The first-order chi connectivity index (χ1) is 11.9. The van der Waals surface area contributed by atoms with Crippen LogP contribution in [0, 0.1) is 25.6 Å². The summed E-state index contributed by atoms with van der Waals surface area (Å²) in [5.41, 5.74) is 3.33. The van der Waals surface area contributed by atoms with Crippen molar-refractivity contribution in [3.05, 3.63) is 47.0 Å². The van der Waals surface area contributed by atoms with Crippen molar-refractivity contribution in [2.45, 2.75) is 39.7 Å². The van der Waals surface area contributed by atoms with Crippen molar-refractivity contribution in [1.82, 2.24) is 14.7 Å². The van der Waals surface area contributed by atoms with E-state index in [1.54, 1.807) is 21.7 Å². The van der Waals surface area contributed by atoms with Gasteiger partial charge in [0.15, 0.2) is 0 Å². The molecule has 2 unspecified atom stereocenters. The SMILES string of the molecule is Cc1nn(-c2ccc(F)cc2)c(C)c1CC(=O)N1CCC(C)C(O)C1. The van der Waals surface area contributed by atoms with Gasteiger partial charge in [0, 0.05) is 24.3 Å². The molecule has 0 aliphatic carbocycles. The lowest BCUT2D eigenvalue weighted by molar-refractivity contribution is -0.134. The Morgan fingerprint density at radius 3 is 2.64 bits per heavy atom. The highest BCUT2D eigenvalue weighted by atomic mass is 19.1. The maximum Gasteiger partial charge on any atom is 0.227 e. The molecule has 5 nitrogen and oxygen atoms in total. The van der Waals surface area contributed by atoms with Gasteiger partial charge in [-0.1, -0.05) is 6.92 Å². The van der Waals surface area contributed by atoms with Gasteiger partial charge in [-0.2, -0.15) is 5.10 Å². The predicted molar refractivity (Wildman–Crippen MR) is 93.1 cm³/mol. The summed E-state index contributed by atoms with van der Waals surface area (Å²) in [6.45, 7) is 6.88. The molecular weight excluding hydrogens is 321 g/mol. The van der Waals surface area contributed by atoms with Crippen molar-refractivity contribution in [3.63, 3.8) is 0 Å². The van der Waals surface area contributed by atoms with Gasteiger partial charge in [0.25, 0.3) is 0 Å². The molecule has 1 N–H and O–H groups in total. The van der Waals surface area contributed by atoms with E-state index >= 15 is 0 Å². The van der Waals surface area contributed by atoms with Gasteiger partial charge in [0.1, 0.15) is 5.82 Å². The third-order valence-electron chi connectivity index (χ3n) is 5.11. The van der Waals surface area contributed by atoms with Crippen LogP contribution in [0.5, 0.6) is 0 Å². The maximum absolute atomic E-state index is 13.1. The molecule has 1 aliphatic heterocycles. The molecule has 6 heteroatoms. The first-order valence-corrected chi connectivity index (χ1v) is 8.63. The molecule has 2 heterocycles. The number of likely N-dealkylation sites (tertiary alicyclic amines) is 1. The van der Waals surface area contributed by atoms with E-state index in [1.165, 1.54) is 12.1 Å². The van der Waals surface area contributed by atoms with Gasteiger partial charge in [0.05, 0.1) is 23.9 Å². The number of piperidine rings is 1. The van der Waals surface area contributed by atoms with Crippen LogP contribution in [0.15, 0.2) is 24.3 Å². The summed E-state index contributed by atoms with van der Waals surface area (Å²) in [4.78, 5) is 14.4. The highest BCUT2D eigenvalue weighted by molar-refractivity contribution is 5.79. The standard InChI is InChI=1S/C19H24FN3O2/c1-12-8-9-22(11-18(12)24)19(25)10-17-13(2)21-23(14(17)3)16-6-4-15(20)5-7-16/h4-7,12,18,24H,8-11H2,1-3H3. The average Bonchev–Trinajstić information content (AvgIpc) is 2.86. The highest BCUT2D eigenvalue weighted by Gasteiger charge is 2.28. The van der Waals surface area contributed by atoms with Gasteiger partial charge >= 0.3 is 0 Å². The topological polar surface area (TPSA) is 58.4 Å². The molecule has 3 rings (SSSR count). The number of aryl methyl sites for hydroxylation is 1. The Bertz CT molecular complexity index is 770. The minimum Gasteiger partial charge on any atom is -0.391 e. The van der Waals surface area contributed by atoms with Crippen molar-refractivity contribution in [3.8, 4) is 5.69 Å². The number of amides is 1. The Morgan fingerprint density at radius 1 is 1.32 bits per heavy atom. The summed E-state index contributed by atoms with van der Waals surface area (Å²) in [6, 6.07) is 6.13. The zero-order valence-electron chi connectivity index (χ0n) is 14.9. The number of carbonyl (C=O) groups excluding carboxylic acids is 1. The monoisotopic (exact) mass is 345 g/mol. The normalized spacial score (nSPS) is 20.8. The van der Waals surface area contributed by atoms with Crippen LogP contribution in [0.25, 0.3) is 5.69 Å². The quantitative estimate of drug-likeness (QED) is 0.929. The second-order valence-corrected chi connectivity index (χ2v) is 6.89. The minimum atomic E-state index is -0.457. The number of benzene rings is 1.